The molecule has 0 radical (unpaired) electrons. The molecular weight excluding hydrogens is 266 g/mol. The van der Waals surface area contributed by atoms with E-state index in [0.717, 1.165) is 54.7 Å². The number of carbonyl (C=O) groups excluding carboxylic acids is 1. The normalized spacial score (nSPS) is 19.3. The lowest BCUT2D eigenvalue weighted by Gasteiger charge is -2.22. The van der Waals surface area contributed by atoms with E-state index < -0.39 is 0 Å². The number of nitrogens with zero attached hydrogens (tertiary/aromatic N) is 5. The van der Waals surface area contributed by atoms with Crippen LogP contribution in [0.5, 0.6) is 0 Å². The van der Waals surface area contributed by atoms with E-state index in [1.165, 1.54) is 0 Å². The minimum absolute atomic E-state index is 0.0507. The Kier molecular flexibility index (Phi) is 1.90. The largest absolute Gasteiger partial charge is 0.324 e. The van der Waals surface area contributed by atoms with Crippen molar-refractivity contribution in [3.8, 4) is 0 Å². The van der Waals surface area contributed by atoms with Crippen molar-refractivity contribution in [2.45, 2.75) is 39.3 Å². The summed E-state index contributed by atoms with van der Waals surface area (Å²) in [5.74, 6) is 1.75. The van der Waals surface area contributed by atoms with Gasteiger partial charge in [-0.1, -0.05) is 0 Å². The van der Waals surface area contributed by atoms with Crippen molar-refractivity contribution >= 4 is 11.5 Å². The Bertz CT molecular complexity index is 850. The maximum absolute atomic E-state index is 12.8. The molecular formula is C15H15N5O. The summed E-state index contributed by atoms with van der Waals surface area (Å²) in [6.45, 7) is 5.47. The number of hydrogen-bond acceptors (Lipinski definition) is 4. The highest BCUT2D eigenvalue weighted by molar-refractivity contribution is 6.28. The number of aromatic nitrogens is 4. The van der Waals surface area contributed by atoms with E-state index in [-0.39, 0.29) is 5.78 Å². The highest BCUT2D eigenvalue weighted by Gasteiger charge is 2.41. The third-order valence-electron chi connectivity index (χ3n) is 4.63. The van der Waals surface area contributed by atoms with E-state index >= 15 is 0 Å². The van der Waals surface area contributed by atoms with Crippen molar-refractivity contribution in [1.82, 2.24) is 19.1 Å². The predicted molar refractivity (Wildman–Crippen MR) is 76.1 cm³/mol. The lowest BCUT2D eigenvalue weighted by molar-refractivity contribution is 0.102. The minimum atomic E-state index is -0.0507. The van der Waals surface area contributed by atoms with Gasteiger partial charge in [0.25, 0.3) is 0 Å². The van der Waals surface area contributed by atoms with Crippen molar-refractivity contribution in [2.75, 3.05) is 6.54 Å². The van der Waals surface area contributed by atoms with E-state index in [9.17, 15) is 4.79 Å². The molecule has 1 fully saturated rings. The number of fused-ring (bicyclic) bond motifs is 2. The van der Waals surface area contributed by atoms with Gasteiger partial charge in [-0.05, 0) is 26.7 Å². The molecule has 0 amide bonds. The third-order valence-corrected chi connectivity index (χ3v) is 4.63. The van der Waals surface area contributed by atoms with Crippen LogP contribution in [-0.2, 0) is 6.54 Å². The molecule has 0 spiro atoms. The average molecular weight is 281 g/mol. The topological polar surface area (TPSA) is 65.1 Å². The quantitative estimate of drug-likeness (QED) is 0.677. The molecule has 6 nitrogen and oxygen atoms in total. The predicted octanol–water partition coefficient (Wildman–Crippen LogP) is 1.43. The van der Waals surface area contributed by atoms with Gasteiger partial charge in [0.2, 0.25) is 5.78 Å². The molecule has 5 rings (SSSR count). The summed E-state index contributed by atoms with van der Waals surface area (Å²) in [4.78, 5) is 26.5. The van der Waals surface area contributed by atoms with Crippen molar-refractivity contribution in [3.63, 3.8) is 0 Å². The van der Waals surface area contributed by atoms with Crippen molar-refractivity contribution in [3.05, 3.63) is 34.4 Å². The van der Waals surface area contributed by atoms with Crippen LogP contribution in [0.3, 0.4) is 0 Å². The summed E-state index contributed by atoms with van der Waals surface area (Å²) in [5, 5.41) is 0. The first kappa shape index (κ1) is 11.4. The van der Waals surface area contributed by atoms with E-state index in [4.69, 9.17) is 4.99 Å². The second-order valence-corrected chi connectivity index (χ2v) is 6.02. The van der Waals surface area contributed by atoms with Gasteiger partial charge in [0.05, 0.1) is 6.54 Å². The van der Waals surface area contributed by atoms with Crippen LogP contribution < -0.4 is 0 Å². The number of aryl methyl sites for hydroxylation is 2. The van der Waals surface area contributed by atoms with Gasteiger partial charge < -0.3 is 9.13 Å². The smallest absolute Gasteiger partial charge is 0.234 e. The van der Waals surface area contributed by atoms with Crippen LogP contribution in [-0.4, -0.2) is 37.1 Å². The van der Waals surface area contributed by atoms with E-state index in [2.05, 4.69) is 19.1 Å². The molecule has 0 aromatic carbocycles. The van der Waals surface area contributed by atoms with Gasteiger partial charge in [0.1, 0.15) is 40.1 Å². The lowest BCUT2D eigenvalue weighted by atomic mass is 9.97. The second-order valence-electron chi connectivity index (χ2n) is 6.02. The highest BCUT2D eigenvalue weighted by atomic mass is 16.1. The first-order valence-electron chi connectivity index (χ1n) is 7.42. The molecule has 0 saturated heterocycles. The summed E-state index contributed by atoms with van der Waals surface area (Å²) < 4.78 is 4.34. The fraction of sp³-hybridized carbons (Fsp3) is 0.467. The summed E-state index contributed by atoms with van der Waals surface area (Å²) in [6.07, 6.45) is 2.33. The molecule has 1 aliphatic heterocycles. The Morgan fingerprint density at radius 2 is 1.76 bits per heavy atom. The molecule has 0 N–H and O–H groups in total. The Labute approximate surface area is 121 Å². The monoisotopic (exact) mass is 281 g/mol. The maximum Gasteiger partial charge on any atom is 0.234 e. The Balaban J connectivity index is 1.87. The van der Waals surface area contributed by atoms with Gasteiger partial charge in [0, 0.05) is 12.6 Å². The standard InChI is InChI=1S/C15H15N5O/c1-7-17-11-13-10(16-5-6-19(7)13)14-12(15(11)21)18-8(2)20(14)9-3-4-9/h9H,3-6H2,1-2H3. The molecule has 3 heterocycles. The molecule has 21 heavy (non-hydrogen) atoms. The Morgan fingerprint density at radius 3 is 2.52 bits per heavy atom. The van der Waals surface area contributed by atoms with Crippen molar-refractivity contribution in [1.29, 1.82) is 0 Å². The van der Waals surface area contributed by atoms with E-state index in [1.54, 1.807) is 0 Å². The summed E-state index contributed by atoms with van der Waals surface area (Å²) >= 11 is 0. The number of carbonyl (C=O) groups is 1. The van der Waals surface area contributed by atoms with Crippen LogP contribution in [0, 0.1) is 13.8 Å². The fourth-order valence-corrected chi connectivity index (χ4v) is 3.58. The van der Waals surface area contributed by atoms with E-state index in [1.807, 2.05) is 13.8 Å². The highest BCUT2D eigenvalue weighted by Crippen LogP contribution is 2.40. The molecule has 0 atom stereocenters. The van der Waals surface area contributed by atoms with E-state index in [0.29, 0.717) is 17.4 Å². The fourth-order valence-electron chi connectivity index (χ4n) is 3.58. The van der Waals surface area contributed by atoms with Crippen LogP contribution in [0.2, 0.25) is 0 Å². The zero-order valence-corrected chi connectivity index (χ0v) is 12.1. The van der Waals surface area contributed by atoms with Gasteiger partial charge in [-0.2, -0.15) is 0 Å². The number of aliphatic imine (C=N–C) groups is 1. The molecule has 2 aliphatic carbocycles. The third kappa shape index (κ3) is 1.28. The first-order chi connectivity index (χ1) is 10.2. The van der Waals surface area contributed by atoms with Crippen LogP contribution in [0.25, 0.3) is 0 Å². The van der Waals surface area contributed by atoms with Crippen LogP contribution >= 0.6 is 0 Å². The summed E-state index contributed by atoms with van der Waals surface area (Å²) in [7, 11) is 0. The minimum Gasteiger partial charge on any atom is -0.324 e. The van der Waals surface area contributed by atoms with Crippen LogP contribution in [0.15, 0.2) is 4.99 Å². The first-order valence-corrected chi connectivity index (χ1v) is 7.42. The molecule has 106 valence electrons. The lowest BCUT2D eigenvalue weighted by Crippen LogP contribution is -2.29. The number of rotatable bonds is 1. The number of imidazole rings is 2. The maximum atomic E-state index is 12.8. The molecule has 1 saturated carbocycles. The average Bonchev–Trinajstić information content (AvgIpc) is 3.16. The number of hydrogen-bond donors (Lipinski definition) is 0. The number of ketones is 1. The molecule has 2 aromatic heterocycles. The molecule has 3 aliphatic rings. The van der Waals surface area contributed by atoms with Crippen molar-refractivity contribution < 1.29 is 4.79 Å². The Hall–Kier alpha value is -2.24. The Morgan fingerprint density at radius 1 is 1.05 bits per heavy atom. The molecule has 0 bridgehead atoms. The van der Waals surface area contributed by atoms with Gasteiger partial charge in [-0.3, -0.25) is 9.79 Å². The van der Waals surface area contributed by atoms with Gasteiger partial charge in [0.15, 0.2) is 0 Å². The molecule has 2 aromatic rings. The van der Waals surface area contributed by atoms with Gasteiger partial charge >= 0.3 is 0 Å². The summed E-state index contributed by atoms with van der Waals surface area (Å²) in [5.41, 5.74) is 3.81. The van der Waals surface area contributed by atoms with Crippen LogP contribution in [0.1, 0.15) is 58.1 Å². The molecule has 6 heteroatoms. The zero-order chi connectivity index (χ0) is 14.3. The van der Waals surface area contributed by atoms with Gasteiger partial charge in [-0.15, -0.1) is 0 Å². The van der Waals surface area contributed by atoms with Crippen molar-refractivity contribution in [2.24, 2.45) is 4.99 Å². The zero-order valence-electron chi connectivity index (χ0n) is 12.1. The molecule has 0 unspecified atom stereocenters. The van der Waals surface area contributed by atoms with Gasteiger partial charge in [-0.25, -0.2) is 9.97 Å². The summed E-state index contributed by atoms with van der Waals surface area (Å²) in [6, 6.07) is 0.484. The SMILES string of the molecule is Cc1nc2c3n1CCN=C3c1c(nc(C)n1C1CC1)C2=O. The van der Waals surface area contributed by atoms with Crippen LogP contribution in [0.4, 0.5) is 0 Å². The second kappa shape index (κ2) is 3.50.